The van der Waals surface area contributed by atoms with Crippen LogP contribution in [0.3, 0.4) is 0 Å². The van der Waals surface area contributed by atoms with E-state index < -0.39 is 0 Å². The van der Waals surface area contributed by atoms with Gasteiger partial charge in [0.15, 0.2) is 0 Å². The van der Waals surface area contributed by atoms with Gasteiger partial charge < -0.3 is 4.98 Å². The topological polar surface area (TPSA) is 45.8 Å². The van der Waals surface area contributed by atoms with Gasteiger partial charge in [0.25, 0.3) is 5.56 Å². The van der Waals surface area contributed by atoms with Crippen LogP contribution in [0, 0.1) is 20.8 Å². The lowest BCUT2D eigenvalue weighted by Gasteiger charge is -2.08. The molecule has 72 valence electrons. The highest BCUT2D eigenvalue weighted by Crippen LogP contribution is 2.19. The monoisotopic (exact) mass is 188 g/mol. The molecule has 0 amide bonds. The number of aryl methyl sites for hydroxylation is 3. The van der Waals surface area contributed by atoms with Gasteiger partial charge in [-0.05, 0) is 38.5 Å². The maximum absolute atomic E-state index is 11.3. The van der Waals surface area contributed by atoms with Gasteiger partial charge >= 0.3 is 0 Å². The molecule has 0 atom stereocenters. The smallest absolute Gasteiger partial charge is 0.274 e. The van der Waals surface area contributed by atoms with Crippen molar-refractivity contribution >= 4 is 0 Å². The molecule has 0 unspecified atom stereocenters. The van der Waals surface area contributed by atoms with Gasteiger partial charge in [-0.2, -0.15) is 4.98 Å². The number of nitrogens with zero attached hydrogens (tertiary/aromatic N) is 1. The maximum atomic E-state index is 11.3. The Morgan fingerprint density at radius 3 is 2.50 bits per heavy atom. The standard InChI is InChI=1S/C11H12N2O/c1-6-4-9-5-7(2)11(14)13-10(9)12-8(6)3/h4-5H,1-3H3,(H,12,13,14). The Hall–Kier alpha value is -1.64. The minimum atomic E-state index is -0.156. The van der Waals surface area contributed by atoms with Crippen LogP contribution in [-0.2, 0) is 0 Å². The Bertz CT molecular complexity index is 514. The maximum Gasteiger partial charge on any atom is 0.274 e. The van der Waals surface area contributed by atoms with E-state index in [0.717, 1.165) is 11.3 Å². The number of nitrogens with one attached hydrogen (secondary N) is 1. The summed E-state index contributed by atoms with van der Waals surface area (Å²) in [6.07, 6.45) is 0. The van der Waals surface area contributed by atoms with Gasteiger partial charge in [0.2, 0.25) is 0 Å². The highest BCUT2D eigenvalue weighted by Gasteiger charge is 2.08. The fourth-order valence-corrected chi connectivity index (χ4v) is 1.45. The number of aromatic nitrogens is 2. The first-order valence-corrected chi connectivity index (χ1v) is 4.56. The number of hydrogen-bond donors (Lipinski definition) is 1. The van der Waals surface area contributed by atoms with E-state index in [1.54, 1.807) is 6.92 Å². The number of H-pyrrole nitrogens is 1. The molecule has 2 heterocycles. The van der Waals surface area contributed by atoms with E-state index in [0.29, 0.717) is 11.4 Å². The number of hydrogen-bond acceptors (Lipinski definition) is 2. The molecule has 14 heavy (non-hydrogen) atoms. The van der Waals surface area contributed by atoms with Crippen molar-refractivity contribution in [2.24, 2.45) is 0 Å². The molecule has 0 saturated carbocycles. The summed E-state index contributed by atoms with van der Waals surface area (Å²) in [4.78, 5) is 18.4. The minimum absolute atomic E-state index is 0.156. The Morgan fingerprint density at radius 1 is 1.14 bits per heavy atom. The number of pyridine rings is 2. The largest absolute Gasteiger partial charge is 0.343 e. The van der Waals surface area contributed by atoms with Crippen molar-refractivity contribution in [2.45, 2.75) is 20.8 Å². The Balaban J connectivity index is 2.85. The van der Waals surface area contributed by atoms with Crippen LogP contribution in [0.4, 0.5) is 0 Å². The first-order valence-electron chi connectivity index (χ1n) is 4.56. The van der Waals surface area contributed by atoms with Gasteiger partial charge in [-0.15, -0.1) is 0 Å². The predicted octanol–water partition coefficient (Wildman–Crippen LogP) is 1.80. The van der Waals surface area contributed by atoms with E-state index in [1.807, 2.05) is 26.0 Å². The molecule has 0 spiro atoms. The molecule has 2 aliphatic heterocycles. The highest BCUT2D eigenvalue weighted by molar-refractivity contribution is 5.58. The van der Waals surface area contributed by atoms with Gasteiger partial charge in [-0.3, -0.25) is 4.79 Å². The number of rotatable bonds is 0. The average molecular weight is 188 g/mol. The van der Waals surface area contributed by atoms with Crippen molar-refractivity contribution in [3.8, 4) is 11.4 Å². The van der Waals surface area contributed by atoms with Crippen molar-refractivity contribution in [1.29, 1.82) is 0 Å². The summed E-state index contributed by atoms with van der Waals surface area (Å²) < 4.78 is 0. The molecule has 0 aromatic heterocycles. The van der Waals surface area contributed by atoms with Crippen molar-refractivity contribution in [3.05, 3.63) is 39.3 Å². The van der Waals surface area contributed by atoms with Crippen LogP contribution >= 0.6 is 0 Å². The van der Waals surface area contributed by atoms with Crippen LogP contribution in [0.25, 0.3) is 11.4 Å². The lowest BCUT2D eigenvalue weighted by atomic mass is 10.1. The van der Waals surface area contributed by atoms with Gasteiger partial charge in [0.05, 0.1) is 0 Å². The van der Waals surface area contributed by atoms with Gasteiger partial charge in [0.1, 0.15) is 5.82 Å². The first-order chi connectivity index (χ1) is 6.58. The molecule has 0 fully saturated rings. The number of fused-ring (bicyclic) bond motifs is 1. The van der Waals surface area contributed by atoms with Crippen molar-refractivity contribution in [3.63, 3.8) is 0 Å². The van der Waals surface area contributed by atoms with Crippen molar-refractivity contribution < 1.29 is 0 Å². The molecular weight excluding hydrogens is 176 g/mol. The third-order valence-corrected chi connectivity index (χ3v) is 2.47. The summed E-state index contributed by atoms with van der Waals surface area (Å²) in [5, 5.41) is 0. The SMILES string of the molecule is Cc1cc2cc(C)c(=O)nc-2[nH]c1C. The van der Waals surface area contributed by atoms with Gasteiger partial charge in [-0.1, -0.05) is 0 Å². The molecule has 2 aliphatic rings. The minimum Gasteiger partial charge on any atom is -0.343 e. The van der Waals surface area contributed by atoms with Crippen LogP contribution in [0.1, 0.15) is 16.8 Å². The summed E-state index contributed by atoms with van der Waals surface area (Å²) in [6, 6.07) is 3.91. The Morgan fingerprint density at radius 2 is 1.79 bits per heavy atom. The molecule has 0 bridgehead atoms. The molecule has 3 nitrogen and oxygen atoms in total. The van der Waals surface area contributed by atoms with Gasteiger partial charge in [-0.25, -0.2) is 0 Å². The molecule has 0 radical (unpaired) electrons. The first kappa shape index (κ1) is 8.94. The van der Waals surface area contributed by atoms with Crippen LogP contribution in [0.2, 0.25) is 0 Å². The molecule has 2 rings (SSSR count). The third kappa shape index (κ3) is 1.31. The Labute approximate surface area is 82.2 Å². The second-order valence-electron chi connectivity index (χ2n) is 3.63. The third-order valence-electron chi connectivity index (χ3n) is 2.47. The zero-order valence-corrected chi connectivity index (χ0v) is 8.51. The molecule has 0 aromatic carbocycles. The normalized spacial score (nSPS) is 10.8. The molecule has 0 aliphatic carbocycles. The van der Waals surface area contributed by atoms with Crippen LogP contribution < -0.4 is 5.56 Å². The molecule has 0 saturated heterocycles. The molecule has 0 aromatic rings. The lowest BCUT2D eigenvalue weighted by Crippen LogP contribution is -2.12. The summed E-state index contributed by atoms with van der Waals surface area (Å²) in [5.41, 5.74) is 3.75. The van der Waals surface area contributed by atoms with Gasteiger partial charge in [0, 0.05) is 16.8 Å². The second-order valence-corrected chi connectivity index (χ2v) is 3.63. The average Bonchev–Trinajstić information content (AvgIpc) is 2.11. The van der Waals surface area contributed by atoms with E-state index in [1.165, 1.54) is 5.56 Å². The fraction of sp³-hybridized carbons (Fsp3) is 0.273. The predicted molar refractivity (Wildman–Crippen MR) is 55.7 cm³/mol. The summed E-state index contributed by atoms with van der Waals surface area (Å²) >= 11 is 0. The van der Waals surface area contributed by atoms with E-state index in [4.69, 9.17) is 0 Å². The van der Waals surface area contributed by atoms with Crippen LogP contribution in [0.15, 0.2) is 16.9 Å². The molecule has 3 heteroatoms. The Kier molecular flexibility index (Phi) is 1.88. The van der Waals surface area contributed by atoms with E-state index in [-0.39, 0.29) is 5.56 Å². The molecular formula is C11H12N2O. The van der Waals surface area contributed by atoms with E-state index >= 15 is 0 Å². The number of aromatic amines is 1. The van der Waals surface area contributed by atoms with Crippen molar-refractivity contribution in [1.82, 2.24) is 9.97 Å². The highest BCUT2D eigenvalue weighted by atomic mass is 16.1. The second kappa shape index (κ2) is 2.94. The lowest BCUT2D eigenvalue weighted by molar-refractivity contribution is 1.06. The quantitative estimate of drug-likeness (QED) is 0.685. The summed E-state index contributed by atoms with van der Waals surface area (Å²) in [7, 11) is 0. The van der Waals surface area contributed by atoms with Crippen LogP contribution in [0.5, 0.6) is 0 Å². The van der Waals surface area contributed by atoms with E-state index in [9.17, 15) is 4.79 Å². The van der Waals surface area contributed by atoms with Crippen LogP contribution in [-0.4, -0.2) is 9.97 Å². The fourth-order valence-electron chi connectivity index (χ4n) is 1.45. The zero-order chi connectivity index (χ0) is 10.3. The zero-order valence-electron chi connectivity index (χ0n) is 8.51. The van der Waals surface area contributed by atoms with Crippen molar-refractivity contribution in [2.75, 3.05) is 0 Å². The molecule has 1 N–H and O–H groups in total. The van der Waals surface area contributed by atoms with E-state index in [2.05, 4.69) is 9.97 Å². The summed E-state index contributed by atoms with van der Waals surface area (Å²) in [6.45, 7) is 5.79. The summed E-state index contributed by atoms with van der Waals surface area (Å²) in [5.74, 6) is 0.670.